The van der Waals surface area contributed by atoms with Gasteiger partial charge in [0.15, 0.2) is 0 Å². The average molecular weight is 501 g/mol. The summed E-state index contributed by atoms with van der Waals surface area (Å²) in [6.45, 7) is 0.254. The van der Waals surface area contributed by atoms with E-state index in [1.807, 2.05) is 0 Å². The van der Waals surface area contributed by atoms with Gasteiger partial charge in [-0.3, -0.25) is 9.59 Å². The number of hydrogen-bond acceptors (Lipinski definition) is 5. The summed E-state index contributed by atoms with van der Waals surface area (Å²) in [7, 11) is 5.19. The Kier molecular flexibility index (Phi) is 7.47. The molecule has 0 radical (unpaired) electrons. The van der Waals surface area contributed by atoms with Crippen LogP contribution in [0.3, 0.4) is 0 Å². The Balaban J connectivity index is 1.46. The van der Waals surface area contributed by atoms with Crippen molar-refractivity contribution < 1.29 is 23.9 Å². The lowest BCUT2D eigenvalue weighted by Crippen LogP contribution is -2.53. The number of nitrogens with one attached hydrogen (secondary N) is 2. The van der Waals surface area contributed by atoms with E-state index in [1.165, 1.54) is 0 Å². The molecule has 4 amide bonds. The van der Waals surface area contributed by atoms with Gasteiger partial charge in [0.05, 0.1) is 24.1 Å². The molecule has 1 saturated heterocycles. The van der Waals surface area contributed by atoms with Crippen LogP contribution in [0.2, 0.25) is 5.02 Å². The van der Waals surface area contributed by atoms with Gasteiger partial charge in [-0.15, -0.1) is 0 Å². The zero-order chi connectivity index (χ0) is 25.1. The number of carbonyl (C=O) groups is 3. The van der Waals surface area contributed by atoms with Gasteiger partial charge in [-0.05, 0) is 49.2 Å². The van der Waals surface area contributed by atoms with Crippen LogP contribution in [0.15, 0.2) is 42.5 Å². The van der Waals surface area contributed by atoms with Crippen LogP contribution in [0, 0.1) is 0 Å². The number of amides is 4. The topological polar surface area (TPSA) is 100 Å². The number of nitrogens with zero attached hydrogens (tertiary/aromatic N) is 2. The molecule has 9 nitrogen and oxygen atoms in total. The van der Waals surface area contributed by atoms with Gasteiger partial charge in [0.25, 0.3) is 5.91 Å². The zero-order valence-corrected chi connectivity index (χ0v) is 20.7. The lowest BCUT2D eigenvalue weighted by atomic mass is 9.94. The van der Waals surface area contributed by atoms with Crippen LogP contribution in [0.4, 0.5) is 16.2 Å². The van der Waals surface area contributed by atoms with Crippen molar-refractivity contribution in [3.05, 3.63) is 53.1 Å². The van der Waals surface area contributed by atoms with Crippen LogP contribution in [-0.4, -0.2) is 73.6 Å². The number of hydrogen-bond donors (Lipinski definition) is 2. The van der Waals surface area contributed by atoms with E-state index in [9.17, 15) is 14.4 Å². The average Bonchev–Trinajstić information content (AvgIpc) is 2.81. The van der Waals surface area contributed by atoms with Crippen molar-refractivity contribution >= 4 is 40.8 Å². The van der Waals surface area contributed by atoms with Crippen molar-refractivity contribution in [3.63, 3.8) is 0 Å². The summed E-state index contributed by atoms with van der Waals surface area (Å²) in [6, 6.07) is 11.1. The molecule has 0 spiro atoms. The molecule has 35 heavy (non-hydrogen) atoms. The lowest BCUT2D eigenvalue weighted by Gasteiger charge is -2.42. The van der Waals surface area contributed by atoms with Crippen LogP contribution >= 0.6 is 11.6 Å². The normalized spacial score (nSPS) is 21.5. The second-order valence-corrected chi connectivity index (χ2v) is 9.40. The second kappa shape index (κ2) is 10.5. The molecule has 1 fully saturated rings. The quantitative estimate of drug-likeness (QED) is 0.664. The molecule has 2 aliphatic heterocycles. The molecule has 2 heterocycles. The Bertz CT molecular complexity index is 1120. The minimum Gasteiger partial charge on any atom is -0.490 e. The molecular formula is C25H29ClN4O5. The smallest absolute Gasteiger partial charge is 0.323 e. The van der Waals surface area contributed by atoms with Gasteiger partial charge >= 0.3 is 6.03 Å². The molecular weight excluding hydrogens is 472 g/mol. The molecule has 4 rings (SSSR count). The molecule has 186 valence electrons. The van der Waals surface area contributed by atoms with Gasteiger partial charge < -0.3 is 29.9 Å². The first-order valence-corrected chi connectivity index (χ1v) is 11.8. The van der Waals surface area contributed by atoms with Crippen molar-refractivity contribution in [2.24, 2.45) is 0 Å². The van der Waals surface area contributed by atoms with Crippen molar-refractivity contribution in [3.8, 4) is 5.75 Å². The highest BCUT2D eigenvalue weighted by Gasteiger charge is 2.39. The fourth-order valence-corrected chi connectivity index (χ4v) is 4.53. The third-order valence-corrected chi connectivity index (χ3v) is 6.49. The number of urea groups is 1. The highest BCUT2D eigenvalue weighted by Crippen LogP contribution is 2.32. The number of ether oxygens (including phenoxy) is 2. The summed E-state index contributed by atoms with van der Waals surface area (Å²) in [6.07, 6.45) is 1.14. The van der Waals surface area contributed by atoms with E-state index in [1.54, 1.807) is 73.4 Å². The third kappa shape index (κ3) is 5.86. The Morgan fingerprint density at radius 2 is 1.86 bits per heavy atom. The number of halogens is 1. The number of anilines is 2. The summed E-state index contributed by atoms with van der Waals surface area (Å²) in [4.78, 5) is 41.1. The van der Waals surface area contributed by atoms with Gasteiger partial charge in [-0.25, -0.2) is 4.79 Å². The number of fused-ring (bicyclic) bond motifs is 2. The fourth-order valence-electron chi connectivity index (χ4n) is 4.34. The maximum atomic E-state index is 13.3. The van der Waals surface area contributed by atoms with E-state index in [0.717, 1.165) is 0 Å². The van der Waals surface area contributed by atoms with Crippen molar-refractivity contribution in [2.75, 3.05) is 38.4 Å². The van der Waals surface area contributed by atoms with Crippen LogP contribution in [0.25, 0.3) is 0 Å². The Morgan fingerprint density at radius 1 is 1.11 bits per heavy atom. The first-order valence-electron chi connectivity index (χ1n) is 11.4. The lowest BCUT2D eigenvalue weighted by molar-refractivity contribution is -0.140. The van der Waals surface area contributed by atoms with E-state index < -0.39 is 6.03 Å². The van der Waals surface area contributed by atoms with Gasteiger partial charge in [0.1, 0.15) is 18.5 Å². The molecule has 3 atom stereocenters. The fraction of sp³-hybridized carbons (Fsp3) is 0.400. The summed E-state index contributed by atoms with van der Waals surface area (Å²) in [5.41, 5.74) is 1.36. The zero-order valence-electron chi connectivity index (χ0n) is 19.9. The van der Waals surface area contributed by atoms with Crippen LogP contribution in [-0.2, 0) is 9.53 Å². The minimum absolute atomic E-state index is 0.00872. The monoisotopic (exact) mass is 500 g/mol. The first kappa shape index (κ1) is 24.8. The molecule has 2 aromatic carbocycles. The minimum atomic E-state index is -0.459. The molecule has 0 unspecified atom stereocenters. The Hall–Kier alpha value is -3.30. The van der Waals surface area contributed by atoms with Crippen LogP contribution < -0.4 is 15.4 Å². The van der Waals surface area contributed by atoms with Crippen LogP contribution in [0.5, 0.6) is 5.75 Å². The van der Waals surface area contributed by atoms with Crippen molar-refractivity contribution in [2.45, 2.75) is 37.5 Å². The van der Waals surface area contributed by atoms with E-state index in [0.29, 0.717) is 47.0 Å². The summed E-state index contributed by atoms with van der Waals surface area (Å²) in [5, 5.41) is 5.96. The molecule has 2 aliphatic rings. The second-order valence-electron chi connectivity index (χ2n) is 8.96. The van der Waals surface area contributed by atoms with E-state index in [-0.39, 0.29) is 36.7 Å². The standard InChI is InChI=1S/C25H29ClN4O5/c1-29(2)23(31)13-18-8-9-20-22(35-18)14-34-21-10-7-17(12-19(21)24(32)30(20)3)28-25(33)27-16-6-4-5-15(26)11-16/h4-7,10-12,18,20,22H,8-9,13-14H2,1-3H3,(H2,27,28,33)/t18-,20+,22-/m1/s1. The number of carbonyl (C=O) groups excluding carboxylic acids is 3. The SMILES string of the molecule is CN(C)C(=O)C[C@H]1CC[C@H]2[C@@H](COc3ccc(NC(=O)Nc4cccc(Cl)c4)cc3C(=O)N2C)O1. The first-order chi connectivity index (χ1) is 16.7. The molecule has 0 aromatic heterocycles. The number of rotatable bonds is 4. The molecule has 0 aliphatic carbocycles. The number of likely N-dealkylation sites (N-methyl/N-ethyl adjacent to an activating group) is 1. The molecule has 10 heteroatoms. The molecule has 2 aromatic rings. The summed E-state index contributed by atoms with van der Waals surface area (Å²) < 4.78 is 12.2. The Morgan fingerprint density at radius 3 is 2.57 bits per heavy atom. The molecule has 0 saturated carbocycles. The molecule has 2 N–H and O–H groups in total. The van der Waals surface area contributed by atoms with Crippen LogP contribution in [0.1, 0.15) is 29.6 Å². The van der Waals surface area contributed by atoms with E-state index >= 15 is 0 Å². The predicted octanol–water partition coefficient (Wildman–Crippen LogP) is 3.84. The van der Waals surface area contributed by atoms with Gasteiger partial charge in [0, 0.05) is 37.5 Å². The maximum absolute atomic E-state index is 13.3. The van der Waals surface area contributed by atoms with Gasteiger partial charge in [-0.1, -0.05) is 17.7 Å². The number of benzene rings is 2. The van der Waals surface area contributed by atoms with Crippen molar-refractivity contribution in [1.82, 2.24) is 9.80 Å². The largest absolute Gasteiger partial charge is 0.490 e. The van der Waals surface area contributed by atoms with Crippen molar-refractivity contribution in [1.29, 1.82) is 0 Å². The predicted molar refractivity (Wildman–Crippen MR) is 133 cm³/mol. The molecule has 0 bridgehead atoms. The highest BCUT2D eigenvalue weighted by atomic mass is 35.5. The van der Waals surface area contributed by atoms with E-state index in [4.69, 9.17) is 21.1 Å². The highest BCUT2D eigenvalue weighted by molar-refractivity contribution is 6.30. The third-order valence-electron chi connectivity index (χ3n) is 6.25. The maximum Gasteiger partial charge on any atom is 0.323 e. The Labute approximate surface area is 209 Å². The van der Waals surface area contributed by atoms with E-state index in [2.05, 4.69) is 10.6 Å². The summed E-state index contributed by atoms with van der Waals surface area (Å²) >= 11 is 5.96. The summed E-state index contributed by atoms with van der Waals surface area (Å²) in [5.74, 6) is 0.200. The van der Waals surface area contributed by atoms with Gasteiger partial charge in [-0.2, -0.15) is 0 Å². The van der Waals surface area contributed by atoms with Gasteiger partial charge in [0.2, 0.25) is 5.91 Å².